The minimum atomic E-state index is -4.76. The van der Waals surface area contributed by atoms with Crippen molar-refractivity contribution >= 4 is 23.1 Å². The van der Waals surface area contributed by atoms with Crippen LogP contribution in [-0.2, 0) is 10.9 Å². The SMILES string of the molecule is CCOC(=O)c1cnn(C2CCCN(C3=C(c4ccccc4)C=CC(Cl)(N4CCN(CC(C)C)CC4)C3)C2)c1C(F)(F)F. The molecule has 11 heteroatoms. The lowest BCUT2D eigenvalue weighted by Gasteiger charge is -2.47. The van der Waals surface area contributed by atoms with Gasteiger partial charge in [0.05, 0.1) is 18.8 Å². The van der Waals surface area contributed by atoms with E-state index in [-0.39, 0.29) is 6.61 Å². The summed E-state index contributed by atoms with van der Waals surface area (Å²) in [6, 6.07) is 9.46. The summed E-state index contributed by atoms with van der Waals surface area (Å²) < 4.78 is 48.8. The molecule has 2 aliphatic heterocycles. The number of hydrogen-bond acceptors (Lipinski definition) is 6. The van der Waals surface area contributed by atoms with E-state index in [9.17, 15) is 18.0 Å². The maximum Gasteiger partial charge on any atom is 0.433 e. The van der Waals surface area contributed by atoms with Crippen molar-refractivity contribution < 1.29 is 22.7 Å². The van der Waals surface area contributed by atoms with Gasteiger partial charge < -0.3 is 14.5 Å². The molecule has 2 aromatic rings. The van der Waals surface area contributed by atoms with Gasteiger partial charge in [0.1, 0.15) is 10.6 Å². The van der Waals surface area contributed by atoms with Gasteiger partial charge in [0.25, 0.3) is 0 Å². The number of likely N-dealkylation sites (tertiary alicyclic amines) is 1. The first-order valence-electron chi connectivity index (χ1n) is 15.2. The number of esters is 1. The molecular weight excluding hydrogens is 579 g/mol. The van der Waals surface area contributed by atoms with E-state index in [0.717, 1.165) is 60.4 Å². The molecule has 43 heavy (non-hydrogen) atoms. The zero-order chi connectivity index (χ0) is 30.8. The van der Waals surface area contributed by atoms with Crippen molar-refractivity contribution in [3.8, 4) is 0 Å². The van der Waals surface area contributed by atoms with E-state index in [1.54, 1.807) is 6.92 Å². The Morgan fingerprint density at radius 3 is 2.51 bits per heavy atom. The van der Waals surface area contributed by atoms with Crippen molar-refractivity contribution in [1.82, 2.24) is 24.5 Å². The molecule has 234 valence electrons. The molecule has 5 rings (SSSR count). The highest BCUT2D eigenvalue weighted by Crippen LogP contribution is 2.43. The first kappa shape index (κ1) is 31.6. The molecule has 0 amide bonds. The Labute approximate surface area is 256 Å². The van der Waals surface area contributed by atoms with Crippen molar-refractivity contribution in [3.63, 3.8) is 0 Å². The number of halogens is 4. The normalized spacial score (nSPS) is 24.2. The molecule has 3 heterocycles. The Morgan fingerprint density at radius 2 is 1.86 bits per heavy atom. The monoisotopic (exact) mass is 619 g/mol. The number of allylic oxidation sites excluding steroid dienone is 2. The second-order valence-electron chi connectivity index (χ2n) is 12.0. The van der Waals surface area contributed by atoms with Gasteiger partial charge >= 0.3 is 12.1 Å². The lowest BCUT2D eigenvalue weighted by Crippen LogP contribution is -2.55. The predicted octanol–water partition coefficient (Wildman–Crippen LogP) is 6.30. The molecule has 0 saturated carbocycles. The number of carbonyl (C=O) groups excluding carboxylic acids is 1. The summed E-state index contributed by atoms with van der Waals surface area (Å²) in [6.45, 7) is 11.6. The molecule has 3 aliphatic rings. The number of piperazine rings is 1. The number of hydrogen-bond donors (Lipinski definition) is 0. The van der Waals surface area contributed by atoms with Crippen molar-refractivity contribution in [2.24, 2.45) is 5.92 Å². The van der Waals surface area contributed by atoms with Crippen LogP contribution in [0.3, 0.4) is 0 Å². The highest BCUT2D eigenvalue weighted by Gasteiger charge is 2.44. The summed E-state index contributed by atoms with van der Waals surface area (Å²) in [7, 11) is 0. The third kappa shape index (κ3) is 6.97. The first-order chi connectivity index (χ1) is 20.5. The van der Waals surface area contributed by atoms with E-state index in [4.69, 9.17) is 16.3 Å². The van der Waals surface area contributed by atoms with Crippen LogP contribution in [0.5, 0.6) is 0 Å². The van der Waals surface area contributed by atoms with E-state index in [1.165, 1.54) is 0 Å². The summed E-state index contributed by atoms with van der Waals surface area (Å²) in [4.78, 5) is 18.6. The second-order valence-corrected chi connectivity index (χ2v) is 12.7. The molecule has 1 aromatic carbocycles. The van der Waals surface area contributed by atoms with Gasteiger partial charge in [0.15, 0.2) is 5.69 Å². The van der Waals surface area contributed by atoms with Crippen LogP contribution in [-0.4, -0.2) is 87.9 Å². The minimum Gasteiger partial charge on any atom is -0.462 e. The fraction of sp³-hybridized carbons (Fsp3) is 0.562. The lowest BCUT2D eigenvalue weighted by atomic mass is 9.90. The Balaban J connectivity index is 1.44. The van der Waals surface area contributed by atoms with E-state index < -0.39 is 34.4 Å². The summed E-state index contributed by atoms with van der Waals surface area (Å²) in [6.07, 6.45) is 2.12. The Morgan fingerprint density at radius 1 is 1.14 bits per heavy atom. The predicted molar refractivity (Wildman–Crippen MR) is 162 cm³/mol. The van der Waals surface area contributed by atoms with Crippen LogP contribution in [0.25, 0.3) is 5.57 Å². The summed E-state index contributed by atoms with van der Waals surface area (Å²) >= 11 is 7.42. The van der Waals surface area contributed by atoms with Crippen LogP contribution >= 0.6 is 11.6 Å². The van der Waals surface area contributed by atoms with Gasteiger partial charge in [-0.1, -0.05) is 61.9 Å². The number of benzene rings is 1. The number of alkyl halides is 4. The van der Waals surface area contributed by atoms with Gasteiger partial charge in [-0.15, -0.1) is 0 Å². The summed E-state index contributed by atoms with van der Waals surface area (Å²) in [5.74, 6) is -0.414. The number of rotatable bonds is 8. The van der Waals surface area contributed by atoms with Crippen molar-refractivity contribution in [1.29, 1.82) is 0 Å². The quantitative estimate of drug-likeness (QED) is 0.197. The maximum absolute atomic E-state index is 14.3. The molecule has 0 bridgehead atoms. The number of nitrogens with zero attached hydrogens (tertiary/aromatic N) is 5. The maximum atomic E-state index is 14.3. The molecule has 0 radical (unpaired) electrons. The zero-order valence-electron chi connectivity index (χ0n) is 25.1. The average Bonchev–Trinajstić information content (AvgIpc) is 3.45. The van der Waals surface area contributed by atoms with Crippen LogP contribution in [0.2, 0.25) is 0 Å². The van der Waals surface area contributed by atoms with Crippen LogP contribution in [0.15, 0.2) is 54.4 Å². The van der Waals surface area contributed by atoms with Crippen LogP contribution in [0, 0.1) is 5.92 Å². The molecule has 2 saturated heterocycles. The topological polar surface area (TPSA) is 53.8 Å². The highest BCUT2D eigenvalue weighted by molar-refractivity contribution is 6.25. The van der Waals surface area contributed by atoms with Gasteiger partial charge in [-0.2, -0.15) is 18.3 Å². The summed E-state index contributed by atoms with van der Waals surface area (Å²) in [5, 5.41) is 4.10. The fourth-order valence-electron chi connectivity index (χ4n) is 6.57. The number of piperidine rings is 1. The zero-order valence-corrected chi connectivity index (χ0v) is 25.9. The van der Waals surface area contributed by atoms with E-state index in [1.807, 2.05) is 30.3 Å². The smallest absolute Gasteiger partial charge is 0.433 e. The first-order valence-corrected chi connectivity index (χ1v) is 15.6. The van der Waals surface area contributed by atoms with E-state index >= 15 is 0 Å². The lowest BCUT2D eigenvalue weighted by molar-refractivity contribution is -0.145. The Hall–Kier alpha value is -2.82. The minimum absolute atomic E-state index is 0.0184. The second kappa shape index (κ2) is 13.0. The third-order valence-electron chi connectivity index (χ3n) is 8.52. The van der Waals surface area contributed by atoms with Crippen LogP contribution in [0.4, 0.5) is 13.2 Å². The largest absolute Gasteiger partial charge is 0.462 e. The molecule has 0 N–H and O–H groups in total. The molecule has 1 aliphatic carbocycles. The van der Waals surface area contributed by atoms with Crippen LogP contribution < -0.4 is 0 Å². The van der Waals surface area contributed by atoms with Gasteiger partial charge in [-0.05, 0) is 37.3 Å². The highest BCUT2D eigenvalue weighted by atomic mass is 35.5. The third-order valence-corrected chi connectivity index (χ3v) is 9.02. The fourth-order valence-corrected chi connectivity index (χ4v) is 6.93. The average molecular weight is 620 g/mol. The van der Waals surface area contributed by atoms with Gasteiger partial charge in [0.2, 0.25) is 0 Å². The van der Waals surface area contributed by atoms with Crippen molar-refractivity contribution in [3.05, 3.63) is 71.2 Å². The van der Waals surface area contributed by atoms with E-state index in [0.29, 0.717) is 38.3 Å². The Bertz CT molecular complexity index is 1330. The molecule has 2 atom stereocenters. The van der Waals surface area contributed by atoms with Gasteiger partial charge in [-0.3, -0.25) is 9.58 Å². The Kier molecular flexibility index (Phi) is 9.58. The molecule has 0 spiro atoms. The molecular formula is C32H41ClF3N5O2. The summed E-state index contributed by atoms with van der Waals surface area (Å²) in [5.41, 5.74) is 1.48. The standard InChI is InChI=1S/C32H41ClF3N5O2/c1-4-43-30(42)27-20-37-41(29(27)32(34,35)36)25-11-8-14-39(22-25)28-19-31(33,13-12-26(28)24-9-6-5-7-10-24)40-17-15-38(16-18-40)21-23(2)3/h5-7,9-10,12-13,20,23,25H,4,8,11,14-19,21-22H2,1-3H3. The van der Waals surface area contributed by atoms with Crippen molar-refractivity contribution in [2.45, 2.75) is 57.2 Å². The molecule has 7 nitrogen and oxygen atoms in total. The van der Waals surface area contributed by atoms with Crippen molar-refractivity contribution in [2.75, 3.05) is 52.4 Å². The number of aromatic nitrogens is 2. The molecule has 1 aromatic heterocycles. The van der Waals surface area contributed by atoms with Gasteiger partial charge in [-0.25, -0.2) is 4.79 Å². The number of carbonyl (C=O) groups is 1. The van der Waals surface area contributed by atoms with Crippen LogP contribution in [0.1, 0.15) is 67.7 Å². The molecule has 2 fully saturated rings. The van der Waals surface area contributed by atoms with Gasteiger partial charge in [0, 0.05) is 63.5 Å². The molecule has 2 unspecified atom stereocenters. The van der Waals surface area contributed by atoms with E-state index in [2.05, 4.69) is 45.8 Å². The number of ether oxygens (including phenoxy) is 1.